The van der Waals surface area contributed by atoms with Crippen LogP contribution in [0.3, 0.4) is 0 Å². The van der Waals surface area contributed by atoms with Gasteiger partial charge in [0.25, 0.3) is 0 Å². The van der Waals surface area contributed by atoms with E-state index >= 15 is 0 Å². The van der Waals surface area contributed by atoms with E-state index in [1.807, 2.05) is 23.9 Å². The van der Waals surface area contributed by atoms with Gasteiger partial charge in [0.1, 0.15) is 0 Å². The van der Waals surface area contributed by atoms with Crippen molar-refractivity contribution in [3.05, 3.63) is 29.8 Å². The second-order valence-electron chi connectivity index (χ2n) is 5.01. The lowest BCUT2D eigenvalue weighted by atomic mass is 9.87. The summed E-state index contributed by atoms with van der Waals surface area (Å²) in [6.45, 7) is 2.28. The zero-order valence-corrected chi connectivity index (χ0v) is 11.6. The van der Waals surface area contributed by atoms with Gasteiger partial charge in [0.05, 0.1) is 5.56 Å². The topological polar surface area (TPSA) is 37.3 Å². The van der Waals surface area contributed by atoms with Crippen LogP contribution in [0, 0.1) is 5.92 Å². The van der Waals surface area contributed by atoms with E-state index in [0.717, 1.165) is 5.92 Å². The molecular weight excluding hydrogens is 244 g/mol. The number of rotatable bonds is 4. The van der Waals surface area contributed by atoms with Gasteiger partial charge >= 0.3 is 5.97 Å². The number of thioether (sulfide) groups is 1. The fourth-order valence-electron chi connectivity index (χ4n) is 2.59. The molecule has 1 fully saturated rings. The maximum atomic E-state index is 10.8. The molecule has 1 saturated carbocycles. The van der Waals surface area contributed by atoms with Gasteiger partial charge in [0, 0.05) is 10.1 Å². The van der Waals surface area contributed by atoms with Crippen LogP contribution >= 0.6 is 11.8 Å². The van der Waals surface area contributed by atoms with Crippen LogP contribution < -0.4 is 0 Å². The van der Waals surface area contributed by atoms with E-state index in [-0.39, 0.29) is 0 Å². The molecule has 0 radical (unpaired) electrons. The molecule has 0 spiro atoms. The summed E-state index contributed by atoms with van der Waals surface area (Å²) in [6.07, 6.45) is 6.60. The van der Waals surface area contributed by atoms with Crippen molar-refractivity contribution in [2.45, 2.75) is 49.2 Å². The van der Waals surface area contributed by atoms with E-state index in [4.69, 9.17) is 5.11 Å². The number of carboxylic acid groups (broad SMARTS) is 1. The van der Waals surface area contributed by atoms with E-state index < -0.39 is 5.97 Å². The molecular formula is C15H20O2S. The van der Waals surface area contributed by atoms with Crippen molar-refractivity contribution in [3.8, 4) is 0 Å². The van der Waals surface area contributed by atoms with Gasteiger partial charge in [0.2, 0.25) is 0 Å². The Hall–Kier alpha value is -0.960. The first-order valence-corrected chi connectivity index (χ1v) is 7.57. The van der Waals surface area contributed by atoms with Gasteiger partial charge < -0.3 is 5.11 Å². The highest BCUT2D eigenvalue weighted by Crippen LogP contribution is 2.37. The molecule has 98 valence electrons. The summed E-state index contributed by atoms with van der Waals surface area (Å²) in [6, 6.07) is 7.27. The lowest BCUT2D eigenvalue weighted by Gasteiger charge is -2.27. The van der Waals surface area contributed by atoms with E-state index in [0.29, 0.717) is 10.8 Å². The number of aromatic carboxylic acids is 1. The predicted molar refractivity (Wildman–Crippen MR) is 75.3 cm³/mol. The molecule has 1 aromatic carbocycles. The minimum absolute atomic E-state index is 0.370. The molecule has 2 unspecified atom stereocenters. The lowest BCUT2D eigenvalue weighted by molar-refractivity contribution is 0.0697. The van der Waals surface area contributed by atoms with Crippen LogP contribution in [0.15, 0.2) is 29.2 Å². The Kier molecular flexibility index (Phi) is 4.70. The third kappa shape index (κ3) is 3.52. The van der Waals surface area contributed by atoms with Crippen molar-refractivity contribution in [3.63, 3.8) is 0 Å². The Balaban J connectivity index is 1.94. The fraction of sp³-hybridized carbons (Fsp3) is 0.533. The van der Waals surface area contributed by atoms with Gasteiger partial charge in [-0.05, 0) is 43.0 Å². The monoisotopic (exact) mass is 264 g/mol. The number of carbonyl (C=O) groups is 1. The van der Waals surface area contributed by atoms with Crippen LogP contribution in [-0.4, -0.2) is 16.3 Å². The SMILES string of the molecule is CCC1CCCC(Sc2ccc(C(=O)O)cc2)C1. The van der Waals surface area contributed by atoms with Crippen LogP contribution in [0.4, 0.5) is 0 Å². The van der Waals surface area contributed by atoms with E-state index in [1.54, 1.807) is 12.1 Å². The Morgan fingerprint density at radius 2 is 2.06 bits per heavy atom. The molecule has 0 amide bonds. The van der Waals surface area contributed by atoms with E-state index in [1.165, 1.54) is 37.0 Å². The van der Waals surface area contributed by atoms with E-state index in [9.17, 15) is 4.79 Å². The standard InChI is InChI=1S/C15H20O2S/c1-2-11-4-3-5-14(10-11)18-13-8-6-12(7-9-13)15(16)17/h6-9,11,14H,2-5,10H2,1H3,(H,16,17). The van der Waals surface area contributed by atoms with Crippen LogP contribution in [0.1, 0.15) is 49.4 Å². The largest absolute Gasteiger partial charge is 0.478 e. The quantitative estimate of drug-likeness (QED) is 0.873. The van der Waals surface area contributed by atoms with Crippen molar-refractivity contribution in [1.29, 1.82) is 0 Å². The lowest BCUT2D eigenvalue weighted by Crippen LogP contribution is -2.16. The molecule has 2 atom stereocenters. The second-order valence-corrected chi connectivity index (χ2v) is 6.38. The minimum atomic E-state index is -0.852. The Labute approximate surface area is 113 Å². The number of hydrogen-bond acceptors (Lipinski definition) is 2. The zero-order valence-electron chi connectivity index (χ0n) is 10.8. The Morgan fingerprint density at radius 3 is 2.67 bits per heavy atom. The summed E-state index contributed by atoms with van der Waals surface area (Å²) in [5.41, 5.74) is 0.370. The summed E-state index contributed by atoms with van der Waals surface area (Å²) in [7, 11) is 0. The molecule has 1 aliphatic rings. The van der Waals surface area contributed by atoms with E-state index in [2.05, 4.69) is 6.92 Å². The van der Waals surface area contributed by atoms with Gasteiger partial charge in [-0.1, -0.05) is 26.2 Å². The first-order valence-electron chi connectivity index (χ1n) is 6.69. The first kappa shape index (κ1) is 13.5. The van der Waals surface area contributed by atoms with Crippen molar-refractivity contribution in [2.75, 3.05) is 0 Å². The van der Waals surface area contributed by atoms with Crippen molar-refractivity contribution in [2.24, 2.45) is 5.92 Å². The highest BCUT2D eigenvalue weighted by atomic mass is 32.2. The van der Waals surface area contributed by atoms with Crippen molar-refractivity contribution >= 4 is 17.7 Å². The average molecular weight is 264 g/mol. The zero-order chi connectivity index (χ0) is 13.0. The highest BCUT2D eigenvalue weighted by Gasteiger charge is 2.21. The van der Waals surface area contributed by atoms with Crippen LogP contribution in [0.25, 0.3) is 0 Å². The molecule has 2 nitrogen and oxygen atoms in total. The first-order chi connectivity index (χ1) is 8.69. The Bertz CT molecular complexity index is 399. The smallest absolute Gasteiger partial charge is 0.335 e. The van der Waals surface area contributed by atoms with Crippen LogP contribution in [-0.2, 0) is 0 Å². The molecule has 0 bridgehead atoms. The number of hydrogen-bond donors (Lipinski definition) is 1. The van der Waals surface area contributed by atoms with Gasteiger partial charge in [-0.3, -0.25) is 0 Å². The Morgan fingerprint density at radius 1 is 1.33 bits per heavy atom. The van der Waals surface area contributed by atoms with Gasteiger partial charge in [0.15, 0.2) is 0 Å². The van der Waals surface area contributed by atoms with Crippen LogP contribution in [0.2, 0.25) is 0 Å². The molecule has 0 aliphatic heterocycles. The molecule has 1 aromatic rings. The molecule has 1 N–H and O–H groups in total. The summed E-state index contributed by atoms with van der Waals surface area (Å²) in [5, 5.41) is 9.56. The maximum Gasteiger partial charge on any atom is 0.335 e. The number of benzene rings is 1. The maximum absolute atomic E-state index is 10.8. The highest BCUT2D eigenvalue weighted by molar-refractivity contribution is 8.00. The summed E-state index contributed by atoms with van der Waals surface area (Å²) in [5.74, 6) is 0.0322. The third-order valence-corrected chi connectivity index (χ3v) is 5.02. The van der Waals surface area contributed by atoms with Gasteiger partial charge in [-0.25, -0.2) is 4.79 Å². The molecule has 0 aromatic heterocycles. The van der Waals surface area contributed by atoms with Gasteiger partial charge in [-0.15, -0.1) is 11.8 Å². The molecule has 18 heavy (non-hydrogen) atoms. The van der Waals surface area contributed by atoms with Gasteiger partial charge in [-0.2, -0.15) is 0 Å². The molecule has 3 heteroatoms. The second kappa shape index (κ2) is 6.28. The predicted octanol–water partition coefficient (Wildman–Crippen LogP) is 4.45. The molecule has 0 saturated heterocycles. The number of carboxylic acids is 1. The minimum Gasteiger partial charge on any atom is -0.478 e. The fourth-order valence-corrected chi connectivity index (χ4v) is 3.92. The van der Waals surface area contributed by atoms with Crippen molar-refractivity contribution in [1.82, 2.24) is 0 Å². The normalized spacial score (nSPS) is 23.8. The third-order valence-electron chi connectivity index (χ3n) is 3.72. The molecule has 0 heterocycles. The summed E-state index contributed by atoms with van der Waals surface area (Å²) < 4.78 is 0. The average Bonchev–Trinajstić information content (AvgIpc) is 2.39. The summed E-state index contributed by atoms with van der Waals surface area (Å²) >= 11 is 1.91. The molecule has 1 aliphatic carbocycles. The van der Waals surface area contributed by atoms with Crippen molar-refractivity contribution < 1.29 is 9.90 Å². The van der Waals surface area contributed by atoms with Crippen LogP contribution in [0.5, 0.6) is 0 Å². The summed E-state index contributed by atoms with van der Waals surface area (Å²) in [4.78, 5) is 12.0. The molecule has 2 rings (SSSR count).